The average molecular weight is 224 g/mol. The zero-order chi connectivity index (χ0) is 12.3. The lowest BCUT2D eigenvalue weighted by molar-refractivity contribution is 0.0886. The molecule has 90 valence electrons. The van der Waals surface area contributed by atoms with Crippen LogP contribution in [0.3, 0.4) is 0 Å². The third-order valence-electron chi connectivity index (χ3n) is 2.27. The molecule has 0 aliphatic rings. The number of benzene rings is 1. The molecule has 1 aromatic rings. The first-order chi connectivity index (χ1) is 7.33. The zero-order valence-electron chi connectivity index (χ0n) is 10.3. The molecule has 4 heteroatoms. The first-order valence-corrected chi connectivity index (χ1v) is 5.20. The fourth-order valence-electron chi connectivity index (χ4n) is 1.67. The fraction of sp³-hybridized carbons (Fsp3) is 0.500. The van der Waals surface area contributed by atoms with Crippen molar-refractivity contribution in [3.63, 3.8) is 0 Å². The van der Waals surface area contributed by atoms with Crippen LogP contribution in [-0.2, 0) is 0 Å². The molecule has 4 nitrogen and oxygen atoms in total. The van der Waals surface area contributed by atoms with Gasteiger partial charge in [0.15, 0.2) is 0 Å². The van der Waals surface area contributed by atoms with Crippen LogP contribution in [0.2, 0.25) is 0 Å². The minimum atomic E-state index is -0.749. The maximum atomic E-state index is 9.73. The first-order valence-electron chi connectivity index (χ1n) is 5.20. The summed E-state index contributed by atoms with van der Waals surface area (Å²) in [4.78, 5) is 1.93. The highest BCUT2D eigenvalue weighted by Gasteiger charge is 2.17. The highest BCUT2D eigenvalue weighted by atomic mass is 16.5. The normalized spacial score (nSPS) is 11.3. The Kier molecular flexibility index (Phi) is 3.65. The highest BCUT2D eigenvalue weighted by molar-refractivity contribution is 5.69. The van der Waals surface area contributed by atoms with Crippen LogP contribution in [-0.4, -0.2) is 31.4 Å². The number of nitrogens with two attached hydrogens (primary N) is 1. The van der Waals surface area contributed by atoms with E-state index in [2.05, 4.69) is 0 Å². The van der Waals surface area contributed by atoms with Gasteiger partial charge >= 0.3 is 0 Å². The quantitative estimate of drug-likeness (QED) is 0.761. The lowest BCUT2D eigenvalue weighted by Gasteiger charge is -2.28. The van der Waals surface area contributed by atoms with Gasteiger partial charge in [-0.15, -0.1) is 0 Å². The van der Waals surface area contributed by atoms with E-state index in [1.807, 2.05) is 24.1 Å². The van der Waals surface area contributed by atoms with Crippen molar-refractivity contribution in [3.8, 4) is 5.75 Å². The summed E-state index contributed by atoms with van der Waals surface area (Å²) in [5.41, 5.74) is 6.70. The summed E-state index contributed by atoms with van der Waals surface area (Å²) < 4.78 is 5.08. The second-order valence-electron chi connectivity index (χ2n) is 4.59. The van der Waals surface area contributed by atoms with Crippen molar-refractivity contribution in [1.29, 1.82) is 0 Å². The number of nitrogens with zero attached hydrogens (tertiary/aromatic N) is 1. The van der Waals surface area contributed by atoms with Crippen LogP contribution in [0.25, 0.3) is 0 Å². The second-order valence-corrected chi connectivity index (χ2v) is 4.59. The number of anilines is 2. The van der Waals surface area contributed by atoms with Gasteiger partial charge in [-0.25, -0.2) is 0 Å². The van der Waals surface area contributed by atoms with E-state index in [-0.39, 0.29) is 0 Å². The number of rotatable bonds is 4. The van der Waals surface area contributed by atoms with Crippen LogP contribution >= 0.6 is 0 Å². The molecule has 1 rings (SSSR count). The van der Waals surface area contributed by atoms with Gasteiger partial charge in [0.05, 0.1) is 24.1 Å². The monoisotopic (exact) mass is 224 g/mol. The summed E-state index contributed by atoms with van der Waals surface area (Å²) in [6.07, 6.45) is 0. The van der Waals surface area contributed by atoms with E-state index in [0.717, 1.165) is 11.4 Å². The summed E-state index contributed by atoms with van der Waals surface area (Å²) in [6, 6.07) is 5.52. The molecule has 0 aliphatic carbocycles. The standard InChI is InChI=1S/C12H20N2O2/c1-12(2,15)8-14(3)11-6-5-9(16-4)7-10(11)13/h5-7,15H,8,13H2,1-4H3. The molecule has 0 saturated heterocycles. The summed E-state index contributed by atoms with van der Waals surface area (Å²) in [7, 11) is 3.51. The molecule has 16 heavy (non-hydrogen) atoms. The van der Waals surface area contributed by atoms with Crippen LogP contribution in [0.1, 0.15) is 13.8 Å². The van der Waals surface area contributed by atoms with E-state index >= 15 is 0 Å². The molecule has 3 N–H and O–H groups in total. The number of nitrogen functional groups attached to an aromatic ring is 1. The van der Waals surface area contributed by atoms with Gasteiger partial charge in [-0.2, -0.15) is 0 Å². The topological polar surface area (TPSA) is 58.7 Å². The Balaban J connectivity index is 2.88. The Morgan fingerprint density at radius 2 is 2.06 bits per heavy atom. The van der Waals surface area contributed by atoms with Crippen molar-refractivity contribution in [2.45, 2.75) is 19.4 Å². The molecule has 0 saturated carbocycles. The van der Waals surface area contributed by atoms with Crippen LogP contribution in [0, 0.1) is 0 Å². The van der Waals surface area contributed by atoms with E-state index < -0.39 is 5.60 Å². The van der Waals surface area contributed by atoms with Crippen molar-refractivity contribution in [1.82, 2.24) is 0 Å². The molecule has 0 spiro atoms. The average Bonchev–Trinajstić information content (AvgIpc) is 2.14. The Morgan fingerprint density at radius 1 is 1.44 bits per heavy atom. The Hall–Kier alpha value is -1.42. The molecule has 0 aromatic heterocycles. The van der Waals surface area contributed by atoms with Crippen LogP contribution in [0.4, 0.5) is 11.4 Å². The van der Waals surface area contributed by atoms with Crippen molar-refractivity contribution in [2.75, 3.05) is 31.3 Å². The van der Waals surface area contributed by atoms with Crippen molar-refractivity contribution in [2.24, 2.45) is 0 Å². The molecular formula is C12H20N2O2. The van der Waals surface area contributed by atoms with Gasteiger partial charge in [0.1, 0.15) is 5.75 Å². The van der Waals surface area contributed by atoms with E-state index in [1.54, 1.807) is 27.0 Å². The number of hydrogen-bond donors (Lipinski definition) is 2. The maximum absolute atomic E-state index is 9.73. The van der Waals surface area contributed by atoms with E-state index in [1.165, 1.54) is 0 Å². The third kappa shape index (κ3) is 3.31. The number of aliphatic hydroxyl groups is 1. The Morgan fingerprint density at radius 3 is 2.50 bits per heavy atom. The predicted molar refractivity (Wildman–Crippen MR) is 67.0 cm³/mol. The number of likely N-dealkylation sites (N-methyl/N-ethyl adjacent to an activating group) is 1. The molecule has 0 radical (unpaired) electrons. The van der Waals surface area contributed by atoms with E-state index in [0.29, 0.717) is 12.2 Å². The van der Waals surface area contributed by atoms with Gasteiger partial charge in [0.25, 0.3) is 0 Å². The maximum Gasteiger partial charge on any atom is 0.121 e. The highest BCUT2D eigenvalue weighted by Crippen LogP contribution is 2.27. The van der Waals surface area contributed by atoms with Crippen LogP contribution < -0.4 is 15.4 Å². The Bertz CT molecular complexity index is 359. The molecule has 0 bridgehead atoms. The molecule has 0 heterocycles. The van der Waals surface area contributed by atoms with Gasteiger partial charge in [-0.3, -0.25) is 0 Å². The van der Waals surface area contributed by atoms with Gasteiger partial charge in [-0.1, -0.05) is 0 Å². The minimum Gasteiger partial charge on any atom is -0.497 e. The summed E-state index contributed by atoms with van der Waals surface area (Å²) in [5, 5.41) is 9.73. The predicted octanol–water partition coefficient (Wildman–Crippen LogP) is 1.48. The van der Waals surface area contributed by atoms with E-state index in [4.69, 9.17) is 10.5 Å². The van der Waals surface area contributed by atoms with Crippen LogP contribution in [0.5, 0.6) is 5.75 Å². The number of methoxy groups -OCH3 is 1. The van der Waals surface area contributed by atoms with Crippen LogP contribution in [0.15, 0.2) is 18.2 Å². The lowest BCUT2D eigenvalue weighted by atomic mass is 10.1. The molecule has 0 unspecified atom stereocenters. The summed E-state index contributed by atoms with van der Waals surface area (Å²) in [6.45, 7) is 4.05. The van der Waals surface area contributed by atoms with Crippen molar-refractivity contribution in [3.05, 3.63) is 18.2 Å². The van der Waals surface area contributed by atoms with Crippen molar-refractivity contribution >= 4 is 11.4 Å². The SMILES string of the molecule is COc1ccc(N(C)CC(C)(C)O)c(N)c1. The van der Waals surface area contributed by atoms with Gasteiger partial charge < -0.3 is 20.5 Å². The molecule has 0 atom stereocenters. The first kappa shape index (κ1) is 12.6. The molecular weight excluding hydrogens is 204 g/mol. The number of ether oxygens (including phenoxy) is 1. The summed E-state index contributed by atoms with van der Waals surface area (Å²) in [5.74, 6) is 0.734. The molecule has 0 fully saturated rings. The van der Waals surface area contributed by atoms with Gasteiger partial charge in [0, 0.05) is 19.7 Å². The molecule has 1 aromatic carbocycles. The minimum absolute atomic E-state index is 0.517. The van der Waals surface area contributed by atoms with E-state index in [9.17, 15) is 5.11 Å². The number of hydrogen-bond acceptors (Lipinski definition) is 4. The smallest absolute Gasteiger partial charge is 0.121 e. The van der Waals surface area contributed by atoms with Gasteiger partial charge in [0.2, 0.25) is 0 Å². The largest absolute Gasteiger partial charge is 0.497 e. The molecule has 0 amide bonds. The van der Waals surface area contributed by atoms with Gasteiger partial charge in [-0.05, 0) is 26.0 Å². The fourth-order valence-corrected chi connectivity index (χ4v) is 1.67. The van der Waals surface area contributed by atoms with Crippen molar-refractivity contribution < 1.29 is 9.84 Å². The summed E-state index contributed by atoms with van der Waals surface area (Å²) >= 11 is 0. The molecule has 0 aliphatic heterocycles. The zero-order valence-corrected chi connectivity index (χ0v) is 10.3. The third-order valence-corrected chi connectivity index (χ3v) is 2.27. The Labute approximate surface area is 96.6 Å². The lowest BCUT2D eigenvalue weighted by Crippen LogP contribution is -2.36. The second kappa shape index (κ2) is 4.61.